The number of ketones is 1. The summed E-state index contributed by atoms with van der Waals surface area (Å²) in [6.07, 6.45) is -8.62. The van der Waals surface area contributed by atoms with Crippen LogP contribution in [0.4, 0.5) is 26.3 Å². The molecule has 0 atom stereocenters. The van der Waals surface area contributed by atoms with E-state index < -0.39 is 34.8 Å². The SMILES string of the molecule is O=C(c1cc(C(F)(F)F)cc(C(F)(F)F)c1)c1ccc[nH]1. The van der Waals surface area contributed by atoms with Crippen molar-refractivity contribution in [2.24, 2.45) is 0 Å². The van der Waals surface area contributed by atoms with E-state index in [1.165, 1.54) is 18.3 Å². The first-order chi connectivity index (χ1) is 9.59. The number of aromatic nitrogens is 1. The third-order valence-corrected chi connectivity index (χ3v) is 2.69. The van der Waals surface area contributed by atoms with Gasteiger partial charge in [0.25, 0.3) is 0 Å². The van der Waals surface area contributed by atoms with Crippen molar-refractivity contribution >= 4 is 5.78 Å². The van der Waals surface area contributed by atoms with Gasteiger partial charge in [-0.15, -0.1) is 0 Å². The Kier molecular flexibility index (Phi) is 3.56. The Morgan fingerprint density at radius 3 is 1.81 bits per heavy atom. The molecule has 1 aromatic heterocycles. The highest BCUT2D eigenvalue weighted by Crippen LogP contribution is 2.36. The summed E-state index contributed by atoms with van der Waals surface area (Å²) in [5, 5.41) is 0. The van der Waals surface area contributed by atoms with Gasteiger partial charge in [-0.2, -0.15) is 26.3 Å². The Bertz CT molecular complexity index is 622. The number of alkyl halides is 6. The van der Waals surface area contributed by atoms with E-state index in [4.69, 9.17) is 0 Å². The molecule has 0 fully saturated rings. The lowest BCUT2D eigenvalue weighted by Gasteiger charge is -2.13. The van der Waals surface area contributed by atoms with Gasteiger partial charge >= 0.3 is 12.4 Å². The molecule has 0 bridgehead atoms. The van der Waals surface area contributed by atoms with Gasteiger partial charge in [-0.25, -0.2) is 0 Å². The zero-order valence-corrected chi connectivity index (χ0v) is 10.1. The van der Waals surface area contributed by atoms with Crippen molar-refractivity contribution < 1.29 is 31.1 Å². The van der Waals surface area contributed by atoms with Crippen LogP contribution in [0.2, 0.25) is 0 Å². The van der Waals surface area contributed by atoms with E-state index in [1.54, 1.807) is 0 Å². The zero-order valence-electron chi connectivity index (χ0n) is 10.1. The quantitative estimate of drug-likeness (QED) is 0.652. The molecule has 1 aromatic carbocycles. The summed E-state index contributed by atoms with van der Waals surface area (Å²) in [5.74, 6) is -0.948. The van der Waals surface area contributed by atoms with Crippen LogP contribution in [0.5, 0.6) is 0 Å². The molecule has 0 aliphatic heterocycles. The number of H-pyrrole nitrogens is 1. The van der Waals surface area contributed by atoms with Gasteiger partial charge in [-0.1, -0.05) is 0 Å². The van der Waals surface area contributed by atoms with E-state index in [2.05, 4.69) is 4.98 Å². The molecule has 112 valence electrons. The van der Waals surface area contributed by atoms with E-state index in [1.807, 2.05) is 0 Å². The van der Waals surface area contributed by atoms with Crippen LogP contribution in [-0.2, 0) is 12.4 Å². The van der Waals surface area contributed by atoms with E-state index >= 15 is 0 Å². The molecule has 0 amide bonds. The summed E-state index contributed by atoms with van der Waals surface area (Å²) < 4.78 is 75.9. The van der Waals surface area contributed by atoms with Crippen molar-refractivity contribution in [3.63, 3.8) is 0 Å². The average Bonchev–Trinajstić information content (AvgIpc) is 2.89. The molecule has 2 aromatic rings. The molecule has 1 heterocycles. The topological polar surface area (TPSA) is 32.9 Å². The molecular weight excluding hydrogens is 300 g/mol. The van der Waals surface area contributed by atoms with Gasteiger partial charge in [0.15, 0.2) is 0 Å². The average molecular weight is 307 g/mol. The maximum absolute atomic E-state index is 12.7. The van der Waals surface area contributed by atoms with Crippen LogP contribution in [0.1, 0.15) is 27.2 Å². The Morgan fingerprint density at radius 2 is 1.43 bits per heavy atom. The van der Waals surface area contributed by atoms with Gasteiger partial charge in [0.05, 0.1) is 16.8 Å². The fourth-order valence-electron chi connectivity index (χ4n) is 1.71. The first kappa shape index (κ1) is 15.1. The van der Waals surface area contributed by atoms with E-state index in [0.29, 0.717) is 12.1 Å². The van der Waals surface area contributed by atoms with Crippen molar-refractivity contribution in [1.29, 1.82) is 0 Å². The second-order valence-electron chi connectivity index (χ2n) is 4.21. The summed E-state index contributed by atoms with van der Waals surface area (Å²) in [4.78, 5) is 14.3. The predicted octanol–water partition coefficient (Wildman–Crippen LogP) is 4.28. The van der Waals surface area contributed by atoms with Gasteiger partial charge in [-0.05, 0) is 30.3 Å². The lowest BCUT2D eigenvalue weighted by atomic mass is 10.0. The Labute approximate surface area is 114 Å². The van der Waals surface area contributed by atoms with Crippen molar-refractivity contribution in [3.8, 4) is 0 Å². The lowest BCUT2D eigenvalue weighted by Crippen LogP contribution is -2.14. The molecule has 21 heavy (non-hydrogen) atoms. The van der Waals surface area contributed by atoms with E-state index in [-0.39, 0.29) is 11.8 Å². The highest BCUT2D eigenvalue weighted by molar-refractivity contribution is 6.08. The van der Waals surface area contributed by atoms with Crippen LogP contribution in [-0.4, -0.2) is 10.8 Å². The number of carbonyl (C=O) groups is 1. The van der Waals surface area contributed by atoms with E-state index in [9.17, 15) is 31.1 Å². The van der Waals surface area contributed by atoms with Gasteiger partial charge in [-0.3, -0.25) is 4.79 Å². The molecule has 0 unspecified atom stereocenters. The Hall–Kier alpha value is -2.25. The van der Waals surface area contributed by atoms with Crippen molar-refractivity contribution in [2.45, 2.75) is 12.4 Å². The summed E-state index contributed by atoms with van der Waals surface area (Å²) in [6, 6.07) is 3.45. The fourth-order valence-corrected chi connectivity index (χ4v) is 1.71. The van der Waals surface area contributed by atoms with Crippen molar-refractivity contribution in [2.75, 3.05) is 0 Å². The Morgan fingerprint density at radius 1 is 0.905 bits per heavy atom. The summed E-state index contributed by atoms with van der Waals surface area (Å²) in [7, 11) is 0. The van der Waals surface area contributed by atoms with Crippen molar-refractivity contribution in [1.82, 2.24) is 4.98 Å². The number of aromatic amines is 1. The highest BCUT2D eigenvalue weighted by atomic mass is 19.4. The lowest BCUT2D eigenvalue weighted by molar-refractivity contribution is -0.143. The molecular formula is C13H7F6NO. The third kappa shape index (κ3) is 3.26. The smallest absolute Gasteiger partial charge is 0.359 e. The van der Waals surface area contributed by atoms with E-state index in [0.717, 1.165) is 0 Å². The molecule has 2 rings (SSSR count). The minimum absolute atomic E-state index is 0.0223. The standard InChI is InChI=1S/C13H7F6NO/c14-12(15,16)8-4-7(5-9(6-8)13(17,18)19)11(21)10-2-1-3-20-10/h1-6,20H. The second-order valence-corrected chi connectivity index (χ2v) is 4.21. The number of benzene rings is 1. The predicted molar refractivity (Wildman–Crippen MR) is 60.7 cm³/mol. The van der Waals surface area contributed by atoms with Gasteiger partial charge in [0.2, 0.25) is 5.78 Å². The van der Waals surface area contributed by atoms with Gasteiger partial charge in [0, 0.05) is 11.8 Å². The second kappa shape index (κ2) is 4.94. The number of hydrogen-bond acceptors (Lipinski definition) is 1. The number of hydrogen-bond donors (Lipinski definition) is 1. The highest BCUT2D eigenvalue weighted by Gasteiger charge is 2.37. The van der Waals surface area contributed by atoms with Crippen LogP contribution < -0.4 is 0 Å². The molecule has 1 N–H and O–H groups in total. The minimum atomic E-state index is -4.98. The molecule has 2 nitrogen and oxygen atoms in total. The minimum Gasteiger partial charge on any atom is -0.359 e. The molecule has 8 heteroatoms. The molecule has 0 aliphatic carbocycles. The monoisotopic (exact) mass is 307 g/mol. The number of carbonyl (C=O) groups excluding carboxylic acids is 1. The van der Waals surface area contributed by atoms with Crippen LogP contribution in [0.25, 0.3) is 0 Å². The number of halogens is 6. The molecule has 0 aliphatic rings. The van der Waals surface area contributed by atoms with Gasteiger partial charge < -0.3 is 4.98 Å². The fraction of sp³-hybridized carbons (Fsp3) is 0.154. The van der Waals surface area contributed by atoms with Crippen LogP contribution in [0.3, 0.4) is 0 Å². The Balaban J connectivity index is 2.58. The van der Waals surface area contributed by atoms with Crippen LogP contribution >= 0.6 is 0 Å². The van der Waals surface area contributed by atoms with Crippen LogP contribution in [0, 0.1) is 0 Å². The van der Waals surface area contributed by atoms with Gasteiger partial charge in [0.1, 0.15) is 0 Å². The number of rotatable bonds is 2. The molecule has 0 spiro atoms. The summed E-state index contributed by atoms with van der Waals surface area (Å²) in [5.41, 5.74) is -3.82. The normalized spacial score (nSPS) is 12.5. The van der Waals surface area contributed by atoms with Crippen molar-refractivity contribution in [3.05, 3.63) is 58.9 Å². The largest absolute Gasteiger partial charge is 0.416 e. The third-order valence-electron chi connectivity index (χ3n) is 2.69. The first-order valence-electron chi connectivity index (χ1n) is 5.56. The maximum Gasteiger partial charge on any atom is 0.416 e. The maximum atomic E-state index is 12.7. The summed E-state index contributed by atoms with van der Waals surface area (Å²) >= 11 is 0. The molecule has 0 saturated heterocycles. The number of nitrogens with one attached hydrogen (secondary N) is 1. The summed E-state index contributed by atoms with van der Waals surface area (Å²) in [6.45, 7) is 0. The molecule has 0 saturated carbocycles. The first-order valence-corrected chi connectivity index (χ1v) is 5.56. The molecule has 0 radical (unpaired) electrons. The van der Waals surface area contributed by atoms with Crippen LogP contribution in [0.15, 0.2) is 36.5 Å². The zero-order chi connectivity index (χ0) is 15.8.